The highest BCUT2D eigenvalue weighted by atomic mass is 16.4. The maximum Gasteiger partial charge on any atom is 0.303 e. The van der Waals surface area contributed by atoms with E-state index in [1.807, 2.05) is 0 Å². The van der Waals surface area contributed by atoms with Crippen molar-refractivity contribution in [3.05, 3.63) is 6.92 Å². The van der Waals surface area contributed by atoms with E-state index in [1.165, 1.54) is 0 Å². The molecule has 0 saturated carbocycles. The van der Waals surface area contributed by atoms with Crippen molar-refractivity contribution in [3.63, 3.8) is 0 Å². The topological polar surface area (TPSA) is 57.5 Å². The minimum Gasteiger partial charge on any atom is -0.481 e. The number of rotatable bonds is 5. The van der Waals surface area contributed by atoms with Gasteiger partial charge in [-0.25, -0.2) is 0 Å². The monoisotopic (exact) mass is 145 g/mol. The van der Waals surface area contributed by atoms with Crippen LogP contribution in [0, 0.1) is 12.8 Å². The Balaban J connectivity index is 3.49. The van der Waals surface area contributed by atoms with Crippen LogP contribution in [0.3, 0.4) is 0 Å². The molecule has 2 N–H and O–H groups in total. The summed E-state index contributed by atoms with van der Waals surface area (Å²) in [6.45, 7) is 3.63. The van der Waals surface area contributed by atoms with Crippen molar-refractivity contribution in [2.45, 2.75) is 19.3 Å². The highest BCUT2D eigenvalue weighted by Gasteiger charge is 2.09. The molecule has 0 aliphatic rings. The van der Waals surface area contributed by atoms with Crippen LogP contribution in [-0.4, -0.2) is 22.8 Å². The Labute approximate surface area is 60.7 Å². The average molecular weight is 145 g/mol. The summed E-state index contributed by atoms with van der Waals surface area (Å²) in [6, 6.07) is 0. The van der Waals surface area contributed by atoms with Gasteiger partial charge in [-0.05, 0) is 18.8 Å². The van der Waals surface area contributed by atoms with E-state index in [1.54, 1.807) is 0 Å². The smallest absolute Gasteiger partial charge is 0.303 e. The normalized spacial score (nSPS) is 13.0. The minimum absolute atomic E-state index is 0.0301. The molecule has 0 rings (SSSR count). The summed E-state index contributed by atoms with van der Waals surface area (Å²) in [7, 11) is 0. The zero-order valence-corrected chi connectivity index (χ0v) is 5.92. The Hall–Kier alpha value is -0.570. The molecular formula is C7H13O3. The molecule has 10 heavy (non-hydrogen) atoms. The molecule has 0 fully saturated rings. The van der Waals surface area contributed by atoms with E-state index in [9.17, 15) is 4.79 Å². The molecule has 3 nitrogen and oxygen atoms in total. The van der Waals surface area contributed by atoms with Crippen molar-refractivity contribution in [2.24, 2.45) is 5.92 Å². The van der Waals surface area contributed by atoms with Crippen LogP contribution in [0.1, 0.15) is 19.3 Å². The quantitative estimate of drug-likeness (QED) is 0.598. The van der Waals surface area contributed by atoms with E-state index in [2.05, 4.69) is 6.92 Å². The molecule has 0 aliphatic heterocycles. The molecular weight excluding hydrogens is 132 g/mol. The summed E-state index contributed by atoms with van der Waals surface area (Å²) in [6.07, 6.45) is 1.23. The van der Waals surface area contributed by atoms with E-state index in [-0.39, 0.29) is 18.9 Å². The molecule has 0 bridgehead atoms. The number of carboxylic acid groups (broad SMARTS) is 1. The maximum atomic E-state index is 10.1. The van der Waals surface area contributed by atoms with Gasteiger partial charge in [-0.2, -0.15) is 0 Å². The van der Waals surface area contributed by atoms with Gasteiger partial charge >= 0.3 is 5.97 Å². The molecule has 1 radical (unpaired) electrons. The number of carbonyl (C=O) groups is 1. The number of carboxylic acids is 1. The summed E-state index contributed by atoms with van der Waals surface area (Å²) >= 11 is 0. The molecule has 59 valence electrons. The molecule has 0 amide bonds. The van der Waals surface area contributed by atoms with Gasteiger partial charge in [0, 0.05) is 13.0 Å². The van der Waals surface area contributed by atoms with Gasteiger partial charge in [0.15, 0.2) is 0 Å². The number of hydrogen-bond donors (Lipinski definition) is 2. The number of aliphatic carboxylic acids is 1. The Kier molecular flexibility index (Phi) is 4.94. The van der Waals surface area contributed by atoms with Gasteiger partial charge in [0.05, 0.1) is 0 Å². The number of aliphatic hydroxyl groups is 1. The largest absolute Gasteiger partial charge is 0.481 e. The summed E-state index contributed by atoms with van der Waals surface area (Å²) in [5.41, 5.74) is 0. The lowest BCUT2D eigenvalue weighted by Gasteiger charge is -2.08. The third-order valence-electron chi connectivity index (χ3n) is 1.41. The van der Waals surface area contributed by atoms with Crippen LogP contribution >= 0.6 is 0 Å². The van der Waals surface area contributed by atoms with Gasteiger partial charge in [-0.1, -0.05) is 6.92 Å². The first kappa shape index (κ1) is 9.43. The minimum atomic E-state index is -0.817. The second-order valence-corrected chi connectivity index (χ2v) is 2.26. The Bertz CT molecular complexity index is 101. The summed E-state index contributed by atoms with van der Waals surface area (Å²) < 4.78 is 0. The molecule has 0 aromatic rings. The van der Waals surface area contributed by atoms with E-state index in [0.717, 1.165) is 0 Å². The van der Waals surface area contributed by atoms with Crippen molar-refractivity contribution in [1.29, 1.82) is 0 Å². The fourth-order valence-corrected chi connectivity index (χ4v) is 0.778. The molecule has 0 saturated heterocycles. The van der Waals surface area contributed by atoms with Crippen LogP contribution in [0.4, 0.5) is 0 Å². The molecule has 1 atom stereocenters. The van der Waals surface area contributed by atoms with Crippen LogP contribution in [0.5, 0.6) is 0 Å². The third-order valence-corrected chi connectivity index (χ3v) is 1.41. The van der Waals surface area contributed by atoms with E-state index in [0.29, 0.717) is 12.8 Å². The lowest BCUT2D eigenvalue weighted by atomic mass is 9.99. The maximum absolute atomic E-state index is 10.1. The van der Waals surface area contributed by atoms with Crippen LogP contribution < -0.4 is 0 Å². The second-order valence-electron chi connectivity index (χ2n) is 2.26. The van der Waals surface area contributed by atoms with E-state index < -0.39 is 5.97 Å². The molecule has 3 heteroatoms. The van der Waals surface area contributed by atoms with Crippen molar-refractivity contribution in [3.8, 4) is 0 Å². The van der Waals surface area contributed by atoms with Crippen LogP contribution in [0.25, 0.3) is 0 Å². The Morgan fingerprint density at radius 2 is 2.20 bits per heavy atom. The fourth-order valence-electron chi connectivity index (χ4n) is 0.778. The third kappa shape index (κ3) is 4.32. The van der Waals surface area contributed by atoms with Crippen molar-refractivity contribution in [1.82, 2.24) is 0 Å². The van der Waals surface area contributed by atoms with Gasteiger partial charge in [-0.3, -0.25) is 4.79 Å². The van der Waals surface area contributed by atoms with E-state index >= 15 is 0 Å². The van der Waals surface area contributed by atoms with Crippen LogP contribution in [-0.2, 0) is 4.79 Å². The first-order valence-corrected chi connectivity index (χ1v) is 3.32. The SMILES string of the molecule is [CH2]CC(CCO)CC(=O)O. The van der Waals surface area contributed by atoms with E-state index in [4.69, 9.17) is 10.2 Å². The molecule has 0 aromatic heterocycles. The Morgan fingerprint density at radius 3 is 2.50 bits per heavy atom. The summed E-state index contributed by atoms with van der Waals surface area (Å²) in [5.74, 6) is -0.787. The van der Waals surface area contributed by atoms with Crippen molar-refractivity contribution in [2.75, 3.05) is 6.61 Å². The second kappa shape index (κ2) is 5.23. The number of aliphatic hydroxyl groups excluding tert-OH is 1. The van der Waals surface area contributed by atoms with Crippen molar-refractivity contribution < 1.29 is 15.0 Å². The van der Waals surface area contributed by atoms with Crippen molar-refractivity contribution >= 4 is 5.97 Å². The first-order valence-electron chi connectivity index (χ1n) is 3.32. The summed E-state index contributed by atoms with van der Waals surface area (Å²) in [5, 5.41) is 16.8. The van der Waals surface area contributed by atoms with Gasteiger partial charge in [-0.15, -0.1) is 0 Å². The van der Waals surface area contributed by atoms with Gasteiger partial charge < -0.3 is 10.2 Å². The standard InChI is InChI=1S/C7H13O3/c1-2-6(3-4-8)5-7(9)10/h6,8H,1-5H2,(H,9,10). The lowest BCUT2D eigenvalue weighted by molar-refractivity contribution is -0.138. The van der Waals surface area contributed by atoms with Gasteiger partial charge in [0.1, 0.15) is 0 Å². The first-order chi connectivity index (χ1) is 4.70. The molecule has 0 spiro atoms. The van der Waals surface area contributed by atoms with Crippen LogP contribution in [0.15, 0.2) is 0 Å². The zero-order chi connectivity index (χ0) is 7.98. The molecule has 0 aliphatic carbocycles. The lowest BCUT2D eigenvalue weighted by Crippen LogP contribution is -2.08. The predicted molar refractivity (Wildman–Crippen MR) is 37.4 cm³/mol. The van der Waals surface area contributed by atoms with Gasteiger partial charge in [0.25, 0.3) is 0 Å². The fraction of sp³-hybridized carbons (Fsp3) is 0.714. The molecule has 0 heterocycles. The molecule has 0 aromatic carbocycles. The predicted octanol–water partition coefficient (Wildman–Crippen LogP) is 0.684. The zero-order valence-electron chi connectivity index (χ0n) is 5.92. The highest BCUT2D eigenvalue weighted by Crippen LogP contribution is 2.11. The average Bonchev–Trinajstić information content (AvgIpc) is 1.86. The van der Waals surface area contributed by atoms with Crippen LogP contribution in [0.2, 0.25) is 0 Å². The highest BCUT2D eigenvalue weighted by molar-refractivity contribution is 5.66. The molecule has 1 unspecified atom stereocenters. The number of hydrogen-bond acceptors (Lipinski definition) is 2. The summed E-state index contributed by atoms with van der Waals surface area (Å²) in [4.78, 5) is 10.1. The Morgan fingerprint density at radius 1 is 1.60 bits per heavy atom. The van der Waals surface area contributed by atoms with Gasteiger partial charge in [0.2, 0.25) is 0 Å².